The maximum Gasteiger partial charge on any atom is 0.292 e. The Hall–Kier alpha value is -2.40. The molecule has 2 rings (SSSR count). The van der Waals surface area contributed by atoms with Crippen LogP contribution < -0.4 is 5.32 Å². The van der Waals surface area contributed by atoms with Gasteiger partial charge in [-0.15, -0.1) is 0 Å². The van der Waals surface area contributed by atoms with Gasteiger partial charge in [0, 0.05) is 18.2 Å². The van der Waals surface area contributed by atoms with Gasteiger partial charge in [0.25, 0.3) is 5.69 Å². The third-order valence-electron chi connectivity index (χ3n) is 3.74. The molecule has 0 radical (unpaired) electrons. The molecule has 0 aliphatic heterocycles. The molecular formula is C19H24N2O3. The second-order valence-electron chi connectivity index (χ2n) is 6.50. The molecule has 0 aromatic heterocycles. The fourth-order valence-corrected chi connectivity index (χ4v) is 2.79. The third kappa shape index (κ3) is 4.55. The topological polar surface area (TPSA) is 75.4 Å². The van der Waals surface area contributed by atoms with Gasteiger partial charge in [0.2, 0.25) is 0 Å². The molecule has 0 fully saturated rings. The average molecular weight is 328 g/mol. The van der Waals surface area contributed by atoms with Crippen LogP contribution in [-0.4, -0.2) is 16.1 Å². The number of nitrogens with zero attached hydrogens (tertiary/aromatic N) is 1. The number of para-hydroxylation sites is 3. The quantitative estimate of drug-likeness (QED) is 0.581. The van der Waals surface area contributed by atoms with Gasteiger partial charge in [-0.1, -0.05) is 44.2 Å². The van der Waals surface area contributed by atoms with Crippen molar-refractivity contribution in [2.45, 2.75) is 39.7 Å². The van der Waals surface area contributed by atoms with Crippen LogP contribution in [0.25, 0.3) is 0 Å². The van der Waals surface area contributed by atoms with Crippen molar-refractivity contribution in [3.63, 3.8) is 0 Å². The molecule has 1 atom stereocenters. The van der Waals surface area contributed by atoms with Gasteiger partial charge in [-0.25, -0.2) is 0 Å². The molecule has 2 aromatic carbocycles. The molecule has 2 aromatic rings. The van der Waals surface area contributed by atoms with E-state index in [4.69, 9.17) is 0 Å². The second-order valence-corrected chi connectivity index (χ2v) is 6.50. The summed E-state index contributed by atoms with van der Waals surface area (Å²) in [5.74, 6) is 0.457. The molecule has 0 aliphatic rings. The molecule has 24 heavy (non-hydrogen) atoms. The van der Waals surface area contributed by atoms with Crippen LogP contribution in [0.5, 0.6) is 0 Å². The smallest absolute Gasteiger partial charge is 0.292 e. The fraction of sp³-hybridized carbons (Fsp3) is 0.368. The van der Waals surface area contributed by atoms with Gasteiger partial charge in [0.15, 0.2) is 0 Å². The van der Waals surface area contributed by atoms with Gasteiger partial charge in [-0.05, 0) is 36.5 Å². The Kier molecular flexibility index (Phi) is 5.93. The van der Waals surface area contributed by atoms with Gasteiger partial charge < -0.3 is 10.4 Å². The highest BCUT2D eigenvalue weighted by Crippen LogP contribution is 2.32. The summed E-state index contributed by atoms with van der Waals surface area (Å²) < 4.78 is 0. The van der Waals surface area contributed by atoms with E-state index in [9.17, 15) is 15.2 Å². The average Bonchev–Trinajstić information content (AvgIpc) is 2.49. The zero-order chi connectivity index (χ0) is 17.7. The maximum absolute atomic E-state index is 11.3. The molecule has 5 nitrogen and oxygen atoms in total. The summed E-state index contributed by atoms with van der Waals surface area (Å²) in [5.41, 5.74) is 3.43. The van der Waals surface area contributed by atoms with E-state index in [1.165, 1.54) is 6.07 Å². The number of nitrogens with one attached hydrogen (secondary N) is 1. The fourth-order valence-electron chi connectivity index (χ4n) is 2.79. The Morgan fingerprint density at radius 3 is 2.25 bits per heavy atom. The summed E-state index contributed by atoms with van der Waals surface area (Å²) in [6.07, 6.45) is 0.872. The zero-order valence-electron chi connectivity index (χ0n) is 14.3. The Balaban J connectivity index is 2.48. The van der Waals surface area contributed by atoms with E-state index < -0.39 is 6.10 Å². The van der Waals surface area contributed by atoms with E-state index in [-0.39, 0.29) is 10.6 Å². The van der Waals surface area contributed by atoms with Crippen LogP contribution in [0, 0.1) is 16.0 Å². The van der Waals surface area contributed by atoms with Gasteiger partial charge in [-0.2, -0.15) is 0 Å². The molecule has 0 bridgehead atoms. The predicted molar refractivity (Wildman–Crippen MR) is 96.7 cm³/mol. The number of hydrogen-bond acceptors (Lipinski definition) is 4. The van der Waals surface area contributed by atoms with E-state index in [0.29, 0.717) is 18.0 Å². The lowest BCUT2D eigenvalue weighted by Gasteiger charge is -2.19. The lowest BCUT2D eigenvalue weighted by molar-refractivity contribution is -0.383. The molecule has 0 saturated carbocycles. The Morgan fingerprint density at radius 2 is 1.67 bits per heavy atom. The molecule has 0 spiro atoms. The van der Waals surface area contributed by atoms with Crippen LogP contribution in [-0.2, 0) is 12.8 Å². The zero-order valence-corrected chi connectivity index (χ0v) is 14.3. The number of hydrogen-bond donors (Lipinski definition) is 2. The number of benzene rings is 2. The minimum absolute atomic E-state index is 0.0415. The van der Waals surface area contributed by atoms with E-state index in [2.05, 4.69) is 19.2 Å². The molecule has 2 N–H and O–H groups in total. The Morgan fingerprint density at radius 1 is 1.04 bits per heavy atom. The minimum atomic E-state index is -0.481. The van der Waals surface area contributed by atoms with Gasteiger partial charge in [0.05, 0.1) is 11.0 Å². The highest BCUT2D eigenvalue weighted by atomic mass is 16.6. The Labute approximate surface area is 142 Å². The molecule has 0 amide bonds. The minimum Gasteiger partial charge on any atom is -0.393 e. The number of aliphatic hydroxyl groups excluding tert-OH is 1. The van der Waals surface area contributed by atoms with Crippen LogP contribution in [0.15, 0.2) is 42.5 Å². The van der Waals surface area contributed by atoms with Crippen molar-refractivity contribution >= 4 is 17.1 Å². The molecular weight excluding hydrogens is 304 g/mol. The van der Waals surface area contributed by atoms with Crippen molar-refractivity contribution in [1.29, 1.82) is 0 Å². The highest BCUT2D eigenvalue weighted by molar-refractivity contribution is 5.73. The number of aliphatic hydroxyl groups is 1. The predicted octanol–water partition coefficient (Wildman–Crippen LogP) is 4.46. The van der Waals surface area contributed by atoms with Gasteiger partial charge >= 0.3 is 0 Å². The molecule has 128 valence electrons. The molecule has 5 heteroatoms. The summed E-state index contributed by atoms with van der Waals surface area (Å²) in [5, 5.41) is 24.3. The first-order chi connectivity index (χ1) is 11.4. The van der Waals surface area contributed by atoms with Gasteiger partial charge in [-0.3, -0.25) is 10.1 Å². The number of anilines is 2. The second kappa shape index (κ2) is 7.93. The van der Waals surface area contributed by atoms with E-state index in [0.717, 1.165) is 23.2 Å². The van der Waals surface area contributed by atoms with Crippen LogP contribution in [0.2, 0.25) is 0 Å². The van der Waals surface area contributed by atoms with E-state index >= 15 is 0 Å². The van der Waals surface area contributed by atoms with Crippen molar-refractivity contribution in [1.82, 2.24) is 0 Å². The number of nitro benzene ring substituents is 1. The van der Waals surface area contributed by atoms with Crippen molar-refractivity contribution in [3.05, 3.63) is 63.7 Å². The molecule has 0 heterocycles. The first-order valence-corrected chi connectivity index (χ1v) is 8.17. The summed E-state index contributed by atoms with van der Waals surface area (Å²) in [4.78, 5) is 10.9. The molecule has 1 unspecified atom stereocenters. The largest absolute Gasteiger partial charge is 0.393 e. The lowest BCUT2D eigenvalue weighted by Crippen LogP contribution is -2.10. The standard InChI is InChI=1S/C19H24N2O3/c1-13(2)11-15-7-6-8-16(12-14(3)22)19(15)20-17-9-4-5-10-18(17)21(23)24/h4-10,13-14,20,22H,11-12H2,1-3H3. The summed E-state index contributed by atoms with van der Waals surface area (Å²) >= 11 is 0. The number of rotatable bonds is 7. The van der Waals surface area contributed by atoms with Crippen LogP contribution in [0.4, 0.5) is 17.1 Å². The SMILES string of the molecule is CC(C)Cc1cccc(CC(C)O)c1Nc1ccccc1[N+](=O)[O-]. The summed E-state index contributed by atoms with van der Waals surface area (Å²) in [6.45, 7) is 6.01. The number of nitro groups is 1. The Bertz CT molecular complexity index is 683. The first kappa shape index (κ1) is 17.9. The van der Waals surface area contributed by atoms with Gasteiger partial charge in [0.1, 0.15) is 5.69 Å². The molecule has 0 aliphatic carbocycles. The van der Waals surface area contributed by atoms with Crippen molar-refractivity contribution < 1.29 is 10.0 Å². The van der Waals surface area contributed by atoms with E-state index in [1.54, 1.807) is 25.1 Å². The lowest BCUT2D eigenvalue weighted by atomic mass is 9.96. The van der Waals surface area contributed by atoms with Crippen molar-refractivity contribution in [2.75, 3.05) is 5.32 Å². The summed E-state index contributed by atoms with van der Waals surface area (Å²) in [7, 11) is 0. The van der Waals surface area contributed by atoms with E-state index in [1.807, 2.05) is 18.2 Å². The van der Waals surface area contributed by atoms with Crippen molar-refractivity contribution in [2.24, 2.45) is 5.92 Å². The monoisotopic (exact) mass is 328 g/mol. The van der Waals surface area contributed by atoms with Crippen LogP contribution >= 0.6 is 0 Å². The van der Waals surface area contributed by atoms with Crippen LogP contribution in [0.1, 0.15) is 31.9 Å². The third-order valence-corrected chi connectivity index (χ3v) is 3.74. The maximum atomic E-state index is 11.3. The van der Waals surface area contributed by atoms with Crippen molar-refractivity contribution in [3.8, 4) is 0 Å². The van der Waals surface area contributed by atoms with Crippen LogP contribution in [0.3, 0.4) is 0 Å². The normalized spacial score (nSPS) is 12.2. The first-order valence-electron chi connectivity index (χ1n) is 8.17. The molecule has 0 saturated heterocycles. The summed E-state index contributed by atoms with van der Waals surface area (Å²) in [6, 6.07) is 12.6. The highest BCUT2D eigenvalue weighted by Gasteiger charge is 2.17.